The molecular weight excluding hydrogens is 372 g/mol. The molecule has 2 bridgehead atoms. The molecule has 2 fully saturated rings. The molecule has 3 aliphatic heterocycles. The van der Waals surface area contributed by atoms with Gasteiger partial charge in [-0.3, -0.25) is 19.0 Å². The van der Waals surface area contributed by atoms with Gasteiger partial charge in [-0.25, -0.2) is 0 Å². The average molecular weight is 402 g/mol. The third kappa shape index (κ3) is 3.83. The minimum atomic E-state index is -0.915. The molecule has 4 heterocycles. The fraction of sp³-hybridized carbons (Fsp3) is 0.667. The van der Waals surface area contributed by atoms with Crippen LogP contribution in [0.1, 0.15) is 43.8 Å². The van der Waals surface area contributed by atoms with E-state index in [2.05, 4.69) is 10.2 Å². The summed E-state index contributed by atoms with van der Waals surface area (Å²) in [5.41, 5.74) is -0.286. The Morgan fingerprint density at radius 2 is 1.97 bits per heavy atom. The number of pyridine rings is 1. The maximum absolute atomic E-state index is 13.2. The zero-order chi connectivity index (χ0) is 20.8. The lowest BCUT2D eigenvalue weighted by molar-refractivity contribution is -0.136. The van der Waals surface area contributed by atoms with Crippen molar-refractivity contribution < 1.29 is 14.7 Å². The predicted octanol–water partition coefficient (Wildman–Crippen LogP) is -0.0721. The summed E-state index contributed by atoms with van der Waals surface area (Å²) in [4.78, 5) is 41.9. The van der Waals surface area contributed by atoms with Gasteiger partial charge in [-0.05, 0) is 32.4 Å². The SMILES string of the molecule is CC(=O)N1C[C@H]2C[C@@H](C1)[C@H](C(=O)NCC1(O)CCN(C)CC1)n1c2cccc1=O. The van der Waals surface area contributed by atoms with E-state index in [1.54, 1.807) is 22.5 Å². The maximum atomic E-state index is 13.2. The van der Waals surface area contributed by atoms with Gasteiger partial charge >= 0.3 is 0 Å². The molecular formula is C21H30N4O4. The van der Waals surface area contributed by atoms with Crippen molar-refractivity contribution in [2.24, 2.45) is 5.92 Å². The van der Waals surface area contributed by atoms with Crippen LogP contribution in [0.4, 0.5) is 0 Å². The van der Waals surface area contributed by atoms with Crippen molar-refractivity contribution in [3.8, 4) is 0 Å². The molecule has 2 N–H and O–H groups in total. The van der Waals surface area contributed by atoms with Crippen molar-refractivity contribution in [2.75, 3.05) is 39.8 Å². The van der Waals surface area contributed by atoms with Crippen LogP contribution in [-0.4, -0.2) is 76.7 Å². The van der Waals surface area contributed by atoms with Crippen molar-refractivity contribution in [3.63, 3.8) is 0 Å². The fourth-order valence-corrected chi connectivity index (χ4v) is 5.10. The van der Waals surface area contributed by atoms with E-state index in [1.807, 2.05) is 13.1 Å². The van der Waals surface area contributed by atoms with Crippen LogP contribution >= 0.6 is 0 Å². The Kier molecular flexibility index (Phi) is 5.25. The first-order valence-electron chi connectivity index (χ1n) is 10.4. The number of hydrogen-bond acceptors (Lipinski definition) is 5. The first-order valence-corrected chi connectivity index (χ1v) is 10.4. The molecule has 2 amide bonds. The molecule has 4 rings (SSSR count). The number of likely N-dealkylation sites (tertiary alicyclic amines) is 2. The number of nitrogens with zero attached hydrogens (tertiary/aromatic N) is 3. The van der Waals surface area contributed by atoms with Crippen molar-refractivity contribution >= 4 is 11.8 Å². The molecule has 3 aliphatic rings. The lowest BCUT2D eigenvalue weighted by atomic mass is 9.78. The number of fused-ring (bicyclic) bond motifs is 4. The second kappa shape index (κ2) is 7.57. The van der Waals surface area contributed by atoms with Gasteiger partial charge in [0.1, 0.15) is 6.04 Å². The van der Waals surface area contributed by atoms with E-state index in [0.29, 0.717) is 25.9 Å². The highest BCUT2D eigenvalue weighted by Gasteiger charge is 2.44. The Balaban J connectivity index is 1.58. The highest BCUT2D eigenvalue weighted by atomic mass is 16.3. The first-order chi connectivity index (χ1) is 13.8. The molecule has 8 nitrogen and oxygen atoms in total. The fourth-order valence-electron chi connectivity index (χ4n) is 5.10. The quantitative estimate of drug-likeness (QED) is 0.738. The van der Waals surface area contributed by atoms with Crippen LogP contribution in [-0.2, 0) is 9.59 Å². The van der Waals surface area contributed by atoms with Gasteiger partial charge < -0.3 is 20.2 Å². The molecule has 0 radical (unpaired) electrons. The minimum absolute atomic E-state index is 0.00813. The Hall–Kier alpha value is -2.19. The summed E-state index contributed by atoms with van der Waals surface area (Å²) in [6.07, 6.45) is 1.99. The smallest absolute Gasteiger partial charge is 0.251 e. The van der Waals surface area contributed by atoms with Crippen LogP contribution in [0, 0.1) is 5.92 Å². The first kappa shape index (κ1) is 20.1. The Labute approximate surface area is 170 Å². The van der Waals surface area contributed by atoms with Gasteiger partial charge in [-0.15, -0.1) is 0 Å². The molecule has 0 saturated carbocycles. The predicted molar refractivity (Wildman–Crippen MR) is 108 cm³/mol. The zero-order valence-corrected chi connectivity index (χ0v) is 17.1. The normalized spacial score (nSPS) is 28.5. The van der Waals surface area contributed by atoms with Crippen molar-refractivity contribution in [1.82, 2.24) is 19.7 Å². The second-order valence-electron chi connectivity index (χ2n) is 8.97. The number of aromatic nitrogens is 1. The van der Waals surface area contributed by atoms with Crippen LogP contribution in [0.2, 0.25) is 0 Å². The van der Waals surface area contributed by atoms with E-state index in [1.165, 1.54) is 6.07 Å². The van der Waals surface area contributed by atoms with E-state index in [0.717, 1.165) is 25.2 Å². The number of hydrogen-bond donors (Lipinski definition) is 2. The van der Waals surface area contributed by atoms with Gasteiger partial charge in [-0.2, -0.15) is 0 Å². The summed E-state index contributed by atoms with van der Waals surface area (Å²) in [5, 5.41) is 13.7. The minimum Gasteiger partial charge on any atom is -0.388 e. The van der Waals surface area contributed by atoms with Crippen LogP contribution in [0.25, 0.3) is 0 Å². The van der Waals surface area contributed by atoms with Crippen LogP contribution in [0.3, 0.4) is 0 Å². The van der Waals surface area contributed by atoms with Crippen LogP contribution in [0.15, 0.2) is 23.0 Å². The molecule has 1 aromatic heterocycles. The summed E-state index contributed by atoms with van der Waals surface area (Å²) in [6, 6.07) is 4.43. The number of nitrogens with one attached hydrogen (secondary N) is 1. The number of carbonyl (C=O) groups is 2. The van der Waals surface area contributed by atoms with E-state index in [9.17, 15) is 19.5 Å². The average Bonchev–Trinajstić information content (AvgIpc) is 2.69. The summed E-state index contributed by atoms with van der Waals surface area (Å²) in [7, 11) is 2.02. The lowest BCUT2D eigenvalue weighted by Crippen LogP contribution is -2.56. The van der Waals surface area contributed by atoms with Crippen LogP contribution < -0.4 is 10.9 Å². The zero-order valence-electron chi connectivity index (χ0n) is 17.1. The molecule has 2 saturated heterocycles. The highest BCUT2D eigenvalue weighted by molar-refractivity contribution is 5.81. The van der Waals surface area contributed by atoms with E-state index >= 15 is 0 Å². The van der Waals surface area contributed by atoms with Gasteiger partial charge in [0.05, 0.1) is 5.60 Å². The monoisotopic (exact) mass is 402 g/mol. The van der Waals surface area contributed by atoms with Crippen molar-refractivity contribution in [1.29, 1.82) is 0 Å². The Morgan fingerprint density at radius 3 is 2.66 bits per heavy atom. The number of aliphatic hydroxyl groups is 1. The van der Waals surface area contributed by atoms with Crippen LogP contribution in [0.5, 0.6) is 0 Å². The molecule has 0 spiro atoms. The van der Waals surface area contributed by atoms with Crippen molar-refractivity contribution in [3.05, 3.63) is 34.2 Å². The lowest BCUT2D eigenvalue weighted by Gasteiger charge is -2.46. The summed E-state index contributed by atoms with van der Waals surface area (Å²) in [5.74, 6) is -0.307. The van der Waals surface area contributed by atoms with E-state index in [4.69, 9.17) is 0 Å². The number of piperidine rings is 2. The molecule has 0 aliphatic carbocycles. The third-order valence-electron chi connectivity index (χ3n) is 6.87. The van der Waals surface area contributed by atoms with Gasteiger partial charge in [0, 0.05) is 63.2 Å². The number of rotatable bonds is 3. The second-order valence-corrected chi connectivity index (χ2v) is 8.97. The number of carbonyl (C=O) groups excluding carboxylic acids is 2. The van der Waals surface area contributed by atoms with Gasteiger partial charge in [-0.1, -0.05) is 6.07 Å². The van der Waals surface area contributed by atoms with Crippen molar-refractivity contribution in [2.45, 2.75) is 43.7 Å². The molecule has 29 heavy (non-hydrogen) atoms. The number of amides is 2. The Morgan fingerprint density at radius 1 is 1.24 bits per heavy atom. The third-order valence-corrected chi connectivity index (χ3v) is 6.87. The topological polar surface area (TPSA) is 94.9 Å². The molecule has 0 unspecified atom stereocenters. The summed E-state index contributed by atoms with van der Waals surface area (Å²) in [6.45, 7) is 4.35. The standard InChI is InChI=1S/C21H30N4O4/c1-14(26)24-11-15-10-16(12-24)19(25-17(15)4-3-5-18(25)27)20(28)22-13-21(29)6-8-23(2)9-7-21/h3-5,15-16,19,29H,6-13H2,1-2H3,(H,22,28)/t15-,16+,19-/m1/s1. The Bertz CT molecular complexity index is 858. The van der Waals surface area contributed by atoms with Gasteiger partial charge in [0.25, 0.3) is 5.56 Å². The summed E-state index contributed by atoms with van der Waals surface area (Å²) >= 11 is 0. The molecule has 158 valence electrons. The molecule has 3 atom stereocenters. The van der Waals surface area contributed by atoms with E-state index in [-0.39, 0.29) is 35.8 Å². The molecule has 0 aromatic carbocycles. The molecule has 8 heteroatoms. The van der Waals surface area contributed by atoms with Gasteiger partial charge in [0.2, 0.25) is 11.8 Å². The molecule has 1 aromatic rings. The highest BCUT2D eigenvalue weighted by Crippen LogP contribution is 2.41. The maximum Gasteiger partial charge on any atom is 0.251 e. The van der Waals surface area contributed by atoms with E-state index < -0.39 is 11.6 Å². The largest absolute Gasteiger partial charge is 0.388 e. The summed E-state index contributed by atoms with van der Waals surface area (Å²) < 4.78 is 1.62. The van der Waals surface area contributed by atoms with Gasteiger partial charge in [0.15, 0.2) is 0 Å².